The summed E-state index contributed by atoms with van der Waals surface area (Å²) in [6, 6.07) is 13.3. The number of nitrogens with one attached hydrogen (secondary N) is 2. The van der Waals surface area contributed by atoms with Crippen LogP contribution in [0.25, 0.3) is 22.1 Å². The summed E-state index contributed by atoms with van der Waals surface area (Å²) in [4.78, 5) is 21.2. The second-order valence-corrected chi connectivity index (χ2v) is 6.06. The molecule has 0 fully saturated rings. The molecule has 27 heavy (non-hydrogen) atoms. The Bertz CT molecular complexity index is 1080. The van der Waals surface area contributed by atoms with Gasteiger partial charge in [0.15, 0.2) is 5.58 Å². The minimum atomic E-state index is -0.159. The highest BCUT2D eigenvalue weighted by Gasteiger charge is 2.13. The summed E-state index contributed by atoms with van der Waals surface area (Å²) in [5, 5.41) is 5.90. The topological polar surface area (TPSA) is 94.2 Å². The van der Waals surface area contributed by atoms with Crippen molar-refractivity contribution in [2.75, 3.05) is 25.6 Å². The number of rotatable bonds is 6. The number of aromatic nitrogens is 3. The van der Waals surface area contributed by atoms with Gasteiger partial charge in [0, 0.05) is 26.3 Å². The molecule has 2 aromatic carbocycles. The van der Waals surface area contributed by atoms with Crippen LogP contribution in [0.15, 0.2) is 46.9 Å². The number of nitrogens with zero attached hydrogens (tertiary/aromatic N) is 3. The van der Waals surface area contributed by atoms with E-state index in [9.17, 15) is 4.79 Å². The highest BCUT2D eigenvalue weighted by Crippen LogP contribution is 2.24. The Morgan fingerprint density at radius 3 is 2.85 bits per heavy atom. The third-order valence-corrected chi connectivity index (χ3v) is 4.25. The Hall–Kier alpha value is -3.39. The van der Waals surface area contributed by atoms with E-state index in [0.717, 1.165) is 11.0 Å². The molecule has 0 radical (unpaired) electrons. The monoisotopic (exact) mass is 365 g/mol. The molecule has 0 saturated heterocycles. The normalized spacial score (nSPS) is 11.2. The quantitative estimate of drug-likeness (QED) is 0.510. The number of benzene rings is 2. The fraction of sp³-hybridized carbons (Fsp3) is 0.211. The highest BCUT2D eigenvalue weighted by atomic mass is 16.5. The van der Waals surface area contributed by atoms with Crippen molar-refractivity contribution in [2.24, 2.45) is 7.05 Å². The molecule has 2 heterocycles. The van der Waals surface area contributed by atoms with E-state index in [1.165, 1.54) is 0 Å². The zero-order valence-electron chi connectivity index (χ0n) is 15.0. The highest BCUT2D eigenvalue weighted by molar-refractivity contribution is 5.97. The fourth-order valence-electron chi connectivity index (χ4n) is 2.84. The van der Waals surface area contributed by atoms with Crippen LogP contribution in [0.3, 0.4) is 0 Å². The molecule has 0 spiro atoms. The van der Waals surface area contributed by atoms with Gasteiger partial charge in [-0.2, -0.15) is 4.98 Å². The zero-order valence-corrected chi connectivity index (χ0v) is 15.0. The Kier molecular flexibility index (Phi) is 4.47. The lowest BCUT2D eigenvalue weighted by atomic mass is 10.2. The maximum Gasteiger partial charge on any atom is 0.302 e. The first-order chi connectivity index (χ1) is 13.2. The van der Waals surface area contributed by atoms with Crippen molar-refractivity contribution in [1.29, 1.82) is 0 Å². The fourth-order valence-corrected chi connectivity index (χ4v) is 2.84. The molecular weight excluding hydrogens is 346 g/mol. The van der Waals surface area contributed by atoms with E-state index in [1.807, 2.05) is 41.9 Å². The summed E-state index contributed by atoms with van der Waals surface area (Å²) in [6.07, 6.45) is 0. The Morgan fingerprint density at radius 1 is 1.19 bits per heavy atom. The molecule has 0 aliphatic heterocycles. The van der Waals surface area contributed by atoms with Gasteiger partial charge in [0.25, 0.3) is 5.91 Å². The van der Waals surface area contributed by atoms with Crippen molar-refractivity contribution in [1.82, 2.24) is 19.9 Å². The van der Waals surface area contributed by atoms with E-state index in [2.05, 4.69) is 20.6 Å². The number of methoxy groups -OCH3 is 1. The van der Waals surface area contributed by atoms with Crippen molar-refractivity contribution < 1.29 is 13.9 Å². The second-order valence-electron chi connectivity index (χ2n) is 6.06. The standard InChI is InChI=1S/C19H19N5O3/c1-24-15-8-7-12(17(25)20-9-10-26-2)11-14(15)21-18(24)23-19-22-13-5-3-4-6-16(13)27-19/h3-8,11H,9-10H2,1-2H3,(H,20,25)(H,21,22,23). The third-order valence-electron chi connectivity index (χ3n) is 4.25. The molecule has 0 unspecified atom stereocenters. The number of amides is 1. The Morgan fingerprint density at radius 2 is 2.04 bits per heavy atom. The summed E-state index contributed by atoms with van der Waals surface area (Å²) in [6.45, 7) is 0.927. The van der Waals surface area contributed by atoms with Crippen molar-refractivity contribution in [3.8, 4) is 0 Å². The minimum absolute atomic E-state index is 0.159. The average Bonchev–Trinajstić information content (AvgIpc) is 3.22. The first kappa shape index (κ1) is 17.0. The van der Waals surface area contributed by atoms with E-state index in [1.54, 1.807) is 19.2 Å². The van der Waals surface area contributed by atoms with Crippen LogP contribution in [0.2, 0.25) is 0 Å². The van der Waals surface area contributed by atoms with Crippen molar-refractivity contribution in [3.05, 3.63) is 48.0 Å². The van der Waals surface area contributed by atoms with Crippen LogP contribution in [0.1, 0.15) is 10.4 Å². The smallest absolute Gasteiger partial charge is 0.302 e. The predicted molar refractivity (Wildman–Crippen MR) is 102 cm³/mol. The van der Waals surface area contributed by atoms with Gasteiger partial charge in [-0.25, -0.2) is 4.98 Å². The number of anilines is 2. The lowest BCUT2D eigenvalue weighted by Gasteiger charge is -2.04. The lowest BCUT2D eigenvalue weighted by Crippen LogP contribution is -2.26. The first-order valence-electron chi connectivity index (χ1n) is 8.52. The average molecular weight is 365 g/mol. The zero-order chi connectivity index (χ0) is 18.8. The molecule has 8 nitrogen and oxygen atoms in total. The number of para-hydroxylation sites is 2. The van der Waals surface area contributed by atoms with Gasteiger partial charge in [0.2, 0.25) is 5.95 Å². The van der Waals surface area contributed by atoms with Crippen molar-refractivity contribution >= 4 is 40.0 Å². The van der Waals surface area contributed by atoms with Gasteiger partial charge in [0.1, 0.15) is 5.52 Å². The molecule has 1 amide bonds. The van der Waals surface area contributed by atoms with Gasteiger partial charge in [-0.15, -0.1) is 0 Å². The summed E-state index contributed by atoms with van der Waals surface area (Å²) in [5.41, 5.74) is 3.62. The summed E-state index contributed by atoms with van der Waals surface area (Å²) >= 11 is 0. The Balaban J connectivity index is 1.60. The molecule has 0 aliphatic rings. The number of hydrogen-bond acceptors (Lipinski definition) is 6. The van der Waals surface area contributed by atoms with E-state index >= 15 is 0 Å². The van der Waals surface area contributed by atoms with E-state index in [0.29, 0.717) is 41.8 Å². The van der Waals surface area contributed by atoms with Gasteiger partial charge in [-0.1, -0.05) is 12.1 Å². The lowest BCUT2D eigenvalue weighted by molar-refractivity contribution is 0.0937. The number of oxazole rings is 1. The molecule has 4 aromatic rings. The van der Waals surface area contributed by atoms with Gasteiger partial charge >= 0.3 is 6.01 Å². The molecule has 0 aliphatic carbocycles. The third kappa shape index (κ3) is 3.34. The van der Waals surface area contributed by atoms with Crippen LogP contribution in [0.4, 0.5) is 12.0 Å². The van der Waals surface area contributed by atoms with Gasteiger partial charge < -0.3 is 19.0 Å². The molecular formula is C19H19N5O3. The van der Waals surface area contributed by atoms with E-state index in [-0.39, 0.29) is 5.91 Å². The van der Waals surface area contributed by atoms with Gasteiger partial charge in [-0.05, 0) is 30.3 Å². The first-order valence-corrected chi connectivity index (χ1v) is 8.52. The van der Waals surface area contributed by atoms with Crippen LogP contribution < -0.4 is 10.6 Å². The number of aryl methyl sites for hydroxylation is 1. The largest absolute Gasteiger partial charge is 0.423 e. The molecule has 4 rings (SSSR count). The molecule has 0 saturated carbocycles. The number of fused-ring (bicyclic) bond motifs is 2. The minimum Gasteiger partial charge on any atom is -0.423 e. The number of hydrogen-bond donors (Lipinski definition) is 2. The number of ether oxygens (including phenoxy) is 1. The van der Waals surface area contributed by atoms with E-state index < -0.39 is 0 Å². The molecule has 8 heteroatoms. The molecule has 0 atom stereocenters. The summed E-state index contributed by atoms with van der Waals surface area (Å²) < 4.78 is 12.5. The van der Waals surface area contributed by atoms with Gasteiger partial charge in [-0.3, -0.25) is 10.1 Å². The Labute approximate surface area is 155 Å². The SMILES string of the molecule is COCCNC(=O)c1ccc2c(c1)nc(Nc1nc3ccccc3o1)n2C. The van der Waals surface area contributed by atoms with Crippen molar-refractivity contribution in [3.63, 3.8) is 0 Å². The van der Waals surface area contributed by atoms with Crippen LogP contribution in [-0.2, 0) is 11.8 Å². The molecule has 0 bridgehead atoms. The predicted octanol–water partition coefficient (Wildman–Crippen LogP) is 2.83. The van der Waals surface area contributed by atoms with E-state index in [4.69, 9.17) is 9.15 Å². The summed E-state index contributed by atoms with van der Waals surface area (Å²) in [5.74, 6) is 0.418. The maximum atomic E-state index is 12.2. The second kappa shape index (κ2) is 7.08. The summed E-state index contributed by atoms with van der Waals surface area (Å²) in [7, 11) is 3.48. The van der Waals surface area contributed by atoms with Crippen LogP contribution >= 0.6 is 0 Å². The maximum absolute atomic E-state index is 12.2. The van der Waals surface area contributed by atoms with Gasteiger partial charge in [0.05, 0.1) is 17.6 Å². The molecule has 138 valence electrons. The van der Waals surface area contributed by atoms with Crippen LogP contribution in [-0.4, -0.2) is 40.7 Å². The number of imidazole rings is 1. The van der Waals surface area contributed by atoms with Crippen LogP contribution in [0, 0.1) is 0 Å². The van der Waals surface area contributed by atoms with Crippen molar-refractivity contribution in [2.45, 2.75) is 0 Å². The number of carbonyl (C=O) groups excluding carboxylic acids is 1. The number of carbonyl (C=O) groups is 1. The molecule has 2 aromatic heterocycles. The molecule has 2 N–H and O–H groups in total. The van der Waals surface area contributed by atoms with Crippen LogP contribution in [0.5, 0.6) is 0 Å².